The van der Waals surface area contributed by atoms with Gasteiger partial charge in [-0.3, -0.25) is 0 Å². The molecule has 0 amide bonds. The Bertz CT molecular complexity index is 463. The summed E-state index contributed by atoms with van der Waals surface area (Å²) in [6, 6.07) is 14.1. The van der Waals surface area contributed by atoms with E-state index in [0.717, 1.165) is 18.8 Å². The highest BCUT2D eigenvalue weighted by atomic mass is 16.5. The zero-order valence-corrected chi connectivity index (χ0v) is 10.9. The van der Waals surface area contributed by atoms with Crippen molar-refractivity contribution < 1.29 is 9.15 Å². The molecule has 2 aromatic rings. The van der Waals surface area contributed by atoms with Crippen molar-refractivity contribution in [1.29, 1.82) is 0 Å². The molecule has 0 unspecified atom stereocenters. The molecule has 100 valence electrons. The van der Waals surface area contributed by atoms with E-state index in [2.05, 4.69) is 23.5 Å². The summed E-state index contributed by atoms with van der Waals surface area (Å²) >= 11 is 0. The highest BCUT2D eigenvalue weighted by Crippen LogP contribution is 2.00. The molecule has 1 heterocycles. The van der Waals surface area contributed by atoms with Crippen LogP contribution in [0.1, 0.15) is 11.3 Å². The van der Waals surface area contributed by atoms with E-state index >= 15 is 0 Å². The van der Waals surface area contributed by atoms with Crippen LogP contribution in [-0.2, 0) is 11.3 Å². The Morgan fingerprint density at radius 1 is 1.11 bits per heavy atom. The van der Waals surface area contributed by atoms with Crippen molar-refractivity contribution in [1.82, 2.24) is 5.32 Å². The average Bonchev–Trinajstić information content (AvgIpc) is 2.96. The summed E-state index contributed by atoms with van der Waals surface area (Å²) in [5, 5.41) is 3.25. The molecule has 1 aromatic carbocycles. The van der Waals surface area contributed by atoms with Gasteiger partial charge < -0.3 is 14.5 Å². The van der Waals surface area contributed by atoms with Crippen molar-refractivity contribution in [2.75, 3.05) is 19.8 Å². The summed E-state index contributed by atoms with van der Waals surface area (Å²) in [6.45, 7) is 2.90. The van der Waals surface area contributed by atoms with E-state index in [9.17, 15) is 0 Å². The Balaban J connectivity index is 1.49. The van der Waals surface area contributed by atoms with Crippen LogP contribution < -0.4 is 5.32 Å². The predicted octanol–water partition coefficient (Wildman–Crippen LogP) is 3.10. The SMILES string of the molecule is C(=Cc1ccccc1)COCCNCc1ccco1. The fourth-order valence-electron chi connectivity index (χ4n) is 1.67. The zero-order valence-electron chi connectivity index (χ0n) is 10.9. The molecule has 0 bridgehead atoms. The molecular formula is C16H19NO2. The highest BCUT2D eigenvalue weighted by Gasteiger charge is 1.93. The van der Waals surface area contributed by atoms with Gasteiger partial charge in [0.05, 0.1) is 26.0 Å². The molecule has 2 rings (SSSR count). The first-order valence-electron chi connectivity index (χ1n) is 6.47. The number of hydrogen-bond acceptors (Lipinski definition) is 3. The predicted molar refractivity (Wildman–Crippen MR) is 76.7 cm³/mol. The van der Waals surface area contributed by atoms with Crippen molar-refractivity contribution in [2.45, 2.75) is 6.54 Å². The third-order valence-electron chi connectivity index (χ3n) is 2.63. The molecule has 19 heavy (non-hydrogen) atoms. The third-order valence-corrected chi connectivity index (χ3v) is 2.63. The molecule has 3 nitrogen and oxygen atoms in total. The van der Waals surface area contributed by atoms with Crippen LogP contribution in [-0.4, -0.2) is 19.8 Å². The lowest BCUT2D eigenvalue weighted by molar-refractivity contribution is 0.163. The molecule has 0 atom stereocenters. The number of benzene rings is 1. The van der Waals surface area contributed by atoms with E-state index in [1.54, 1.807) is 6.26 Å². The fraction of sp³-hybridized carbons (Fsp3) is 0.250. The molecule has 0 saturated carbocycles. The second-order valence-electron chi connectivity index (χ2n) is 4.14. The van der Waals surface area contributed by atoms with Crippen molar-refractivity contribution in [3.63, 3.8) is 0 Å². The third kappa shape index (κ3) is 5.55. The molecular weight excluding hydrogens is 238 g/mol. The van der Waals surface area contributed by atoms with Gasteiger partial charge in [0.1, 0.15) is 5.76 Å². The topological polar surface area (TPSA) is 34.4 Å². The molecule has 0 aliphatic heterocycles. The van der Waals surface area contributed by atoms with E-state index in [1.165, 1.54) is 5.56 Å². The first-order chi connectivity index (χ1) is 9.45. The molecule has 3 heteroatoms. The zero-order chi connectivity index (χ0) is 13.2. The maximum atomic E-state index is 5.49. The Hall–Kier alpha value is -1.84. The van der Waals surface area contributed by atoms with Gasteiger partial charge in [-0.15, -0.1) is 0 Å². The average molecular weight is 257 g/mol. The van der Waals surface area contributed by atoms with E-state index in [4.69, 9.17) is 9.15 Å². The van der Waals surface area contributed by atoms with Crippen LogP contribution in [0.15, 0.2) is 59.2 Å². The maximum absolute atomic E-state index is 5.49. The number of rotatable bonds is 8. The minimum atomic E-state index is 0.636. The van der Waals surface area contributed by atoms with Crippen LogP contribution >= 0.6 is 0 Å². The molecule has 0 fully saturated rings. The molecule has 1 N–H and O–H groups in total. The normalized spacial score (nSPS) is 11.2. The van der Waals surface area contributed by atoms with Crippen LogP contribution in [0.5, 0.6) is 0 Å². The summed E-state index contributed by atoms with van der Waals surface area (Å²) < 4.78 is 10.7. The van der Waals surface area contributed by atoms with Gasteiger partial charge in [0.25, 0.3) is 0 Å². The van der Waals surface area contributed by atoms with E-state index in [0.29, 0.717) is 13.2 Å². The number of furan rings is 1. The lowest BCUT2D eigenvalue weighted by atomic mass is 10.2. The summed E-state index contributed by atoms with van der Waals surface area (Å²) in [5.41, 5.74) is 1.20. The molecule has 0 aliphatic carbocycles. The van der Waals surface area contributed by atoms with E-state index < -0.39 is 0 Å². The minimum Gasteiger partial charge on any atom is -0.468 e. The van der Waals surface area contributed by atoms with E-state index in [-0.39, 0.29) is 0 Å². The van der Waals surface area contributed by atoms with Crippen LogP contribution in [0, 0.1) is 0 Å². The molecule has 0 radical (unpaired) electrons. The molecule has 0 spiro atoms. The standard InChI is InChI=1S/C16H19NO2/c1-2-6-15(7-3-1)8-4-11-18-13-10-17-14-16-9-5-12-19-16/h1-9,12,17H,10-11,13-14H2. The Morgan fingerprint density at radius 2 is 2.00 bits per heavy atom. The Labute approximate surface area is 113 Å². The quantitative estimate of drug-likeness (QED) is 0.738. The lowest BCUT2D eigenvalue weighted by Crippen LogP contribution is -2.18. The van der Waals surface area contributed by atoms with Gasteiger partial charge in [-0.2, -0.15) is 0 Å². The molecule has 1 aromatic heterocycles. The first kappa shape index (κ1) is 13.6. The van der Waals surface area contributed by atoms with Crippen molar-refractivity contribution in [3.05, 3.63) is 66.1 Å². The van der Waals surface area contributed by atoms with Gasteiger partial charge in [0, 0.05) is 6.54 Å². The Kier molecular flexibility index (Phi) is 5.93. The molecule has 0 aliphatic rings. The summed E-state index contributed by atoms with van der Waals surface area (Å²) in [4.78, 5) is 0. The fourth-order valence-corrected chi connectivity index (χ4v) is 1.67. The lowest BCUT2D eigenvalue weighted by Gasteiger charge is -2.02. The maximum Gasteiger partial charge on any atom is 0.117 e. The largest absolute Gasteiger partial charge is 0.468 e. The van der Waals surface area contributed by atoms with Crippen molar-refractivity contribution in [3.8, 4) is 0 Å². The minimum absolute atomic E-state index is 0.636. The van der Waals surface area contributed by atoms with Gasteiger partial charge in [0.2, 0.25) is 0 Å². The smallest absolute Gasteiger partial charge is 0.117 e. The van der Waals surface area contributed by atoms with Crippen LogP contribution in [0.25, 0.3) is 6.08 Å². The van der Waals surface area contributed by atoms with Gasteiger partial charge in [-0.1, -0.05) is 42.5 Å². The molecule has 0 saturated heterocycles. The second-order valence-corrected chi connectivity index (χ2v) is 4.14. The van der Waals surface area contributed by atoms with Crippen molar-refractivity contribution in [2.24, 2.45) is 0 Å². The van der Waals surface area contributed by atoms with Gasteiger partial charge in [-0.05, 0) is 17.7 Å². The number of nitrogens with one attached hydrogen (secondary N) is 1. The monoisotopic (exact) mass is 257 g/mol. The van der Waals surface area contributed by atoms with E-state index in [1.807, 2.05) is 36.4 Å². The van der Waals surface area contributed by atoms with Crippen LogP contribution in [0.4, 0.5) is 0 Å². The summed E-state index contributed by atoms with van der Waals surface area (Å²) in [5.74, 6) is 0.948. The Morgan fingerprint density at radius 3 is 2.79 bits per heavy atom. The van der Waals surface area contributed by atoms with Gasteiger partial charge in [-0.25, -0.2) is 0 Å². The second kappa shape index (κ2) is 8.29. The number of ether oxygens (including phenoxy) is 1. The van der Waals surface area contributed by atoms with Crippen molar-refractivity contribution >= 4 is 6.08 Å². The summed E-state index contributed by atoms with van der Waals surface area (Å²) in [6.07, 6.45) is 5.78. The highest BCUT2D eigenvalue weighted by molar-refractivity contribution is 5.48. The number of hydrogen-bond donors (Lipinski definition) is 1. The summed E-state index contributed by atoms with van der Waals surface area (Å²) in [7, 11) is 0. The van der Waals surface area contributed by atoms with Crippen LogP contribution in [0.2, 0.25) is 0 Å². The first-order valence-corrected chi connectivity index (χ1v) is 6.47. The van der Waals surface area contributed by atoms with Gasteiger partial charge >= 0.3 is 0 Å². The van der Waals surface area contributed by atoms with Crippen LogP contribution in [0.3, 0.4) is 0 Å². The van der Waals surface area contributed by atoms with Gasteiger partial charge in [0.15, 0.2) is 0 Å².